The molecule has 4 fully saturated rings. The Bertz CT molecular complexity index is 1540. The molecule has 0 radical (unpaired) electrons. The molecule has 3 aromatic rings. The van der Waals surface area contributed by atoms with Crippen molar-refractivity contribution in [1.29, 1.82) is 0 Å². The van der Waals surface area contributed by atoms with Gasteiger partial charge in [0.05, 0.1) is 23.5 Å². The second-order valence-corrected chi connectivity index (χ2v) is 13.4. The number of fused-ring (bicyclic) bond motifs is 2. The van der Waals surface area contributed by atoms with Gasteiger partial charge in [-0.25, -0.2) is 9.78 Å². The summed E-state index contributed by atoms with van der Waals surface area (Å²) in [6.07, 6.45) is 16.4. The largest absolute Gasteiger partial charge is 0.457 e. The van der Waals surface area contributed by atoms with Crippen molar-refractivity contribution in [3.05, 3.63) is 107 Å². The number of benzene rings is 2. The van der Waals surface area contributed by atoms with Crippen molar-refractivity contribution in [2.75, 3.05) is 5.32 Å². The topological polar surface area (TPSA) is 93.3 Å². The number of allylic oxidation sites excluding steroid dienone is 4. The number of hydrogen-bond donors (Lipinski definition) is 2. The molecule has 2 aromatic carbocycles. The van der Waals surface area contributed by atoms with Crippen LogP contribution in [0.25, 0.3) is 0 Å². The Morgan fingerprint density at radius 1 is 0.860 bits per heavy atom. The summed E-state index contributed by atoms with van der Waals surface area (Å²) < 4.78 is 12.3. The molecule has 9 rings (SSSR count). The molecular formula is C36H37N3O4. The van der Waals surface area contributed by atoms with Crippen molar-refractivity contribution in [3.63, 3.8) is 0 Å². The standard InChI is InChI=1S/C36H37N3O4/c40-34(37-29-8-4-7-28(16-29)35(41)42-20-22-5-2-1-3-6-22)32-30(38-33(39-32)31-26-9-10-27(31)12-11-26)21-43-36-17-23-13-24(18-36)15-25(14-23)19-36/h1-12,16,23-27,31H,13-15,17-21H2,(H,37,40)(H,38,39). The van der Waals surface area contributed by atoms with Crippen LogP contribution in [-0.2, 0) is 22.7 Å². The van der Waals surface area contributed by atoms with E-state index in [2.05, 4.69) is 34.6 Å². The minimum Gasteiger partial charge on any atom is -0.457 e. The first kappa shape index (κ1) is 26.6. The Kier molecular flexibility index (Phi) is 6.59. The van der Waals surface area contributed by atoms with E-state index in [0.29, 0.717) is 35.4 Å². The smallest absolute Gasteiger partial charge is 0.338 e. The van der Waals surface area contributed by atoms with Crippen LogP contribution in [0.3, 0.4) is 0 Å². The Balaban J connectivity index is 1.00. The van der Waals surface area contributed by atoms with E-state index in [-0.39, 0.29) is 24.0 Å². The maximum atomic E-state index is 13.8. The number of imidazole rings is 1. The SMILES string of the molecule is O=C(OCc1ccccc1)c1cccc(NC(=O)c2nc(C3C4C=CC3C=C4)[nH]c2COC23CC4CC(CC(C4)C2)C3)c1. The fourth-order valence-corrected chi connectivity index (χ4v) is 8.78. The predicted octanol–water partition coefficient (Wildman–Crippen LogP) is 6.96. The average molecular weight is 576 g/mol. The van der Waals surface area contributed by atoms with Gasteiger partial charge in [0.15, 0.2) is 5.69 Å². The second kappa shape index (κ2) is 10.6. The number of ether oxygens (including phenoxy) is 2. The van der Waals surface area contributed by atoms with Gasteiger partial charge in [0.25, 0.3) is 5.91 Å². The summed E-state index contributed by atoms with van der Waals surface area (Å²) in [5.41, 5.74) is 2.83. The fourth-order valence-electron chi connectivity index (χ4n) is 8.78. The van der Waals surface area contributed by atoms with Crippen molar-refractivity contribution < 1.29 is 19.1 Å². The molecule has 6 bridgehead atoms. The zero-order valence-electron chi connectivity index (χ0n) is 24.2. The molecule has 0 spiro atoms. The zero-order valence-corrected chi connectivity index (χ0v) is 24.2. The molecule has 0 unspecified atom stereocenters. The van der Waals surface area contributed by atoms with Gasteiger partial charge in [0.1, 0.15) is 12.4 Å². The van der Waals surface area contributed by atoms with Gasteiger partial charge in [-0.05, 0) is 80.0 Å². The summed E-state index contributed by atoms with van der Waals surface area (Å²) in [6, 6.07) is 16.4. The molecule has 7 nitrogen and oxygen atoms in total. The van der Waals surface area contributed by atoms with Gasteiger partial charge in [-0.15, -0.1) is 0 Å². The monoisotopic (exact) mass is 575 g/mol. The van der Waals surface area contributed by atoms with Gasteiger partial charge in [-0.1, -0.05) is 60.7 Å². The molecule has 7 heteroatoms. The van der Waals surface area contributed by atoms with E-state index in [1.54, 1.807) is 24.3 Å². The zero-order chi connectivity index (χ0) is 29.0. The number of nitrogens with one attached hydrogen (secondary N) is 2. The third kappa shape index (κ3) is 5.14. The van der Waals surface area contributed by atoms with Crippen molar-refractivity contribution in [3.8, 4) is 0 Å². The molecule has 0 atom stereocenters. The highest BCUT2D eigenvalue weighted by Gasteiger charge is 2.52. The van der Waals surface area contributed by atoms with Crippen molar-refractivity contribution in [2.24, 2.45) is 29.6 Å². The van der Waals surface area contributed by atoms with Gasteiger partial charge in [0, 0.05) is 23.4 Å². The predicted molar refractivity (Wildman–Crippen MR) is 162 cm³/mol. The van der Waals surface area contributed by atoms with E-state index in [1.165, 1.54) is 19.3 Å². The molecule has 6 aliphatic carbocycles. The molecule has 4 saturated carbocycles. The quantitative estimate of drug-likeness (QED) is 0.213. The minimum absolute atomic E-state index is 0.0717. The number of H-pyrrole nitrogens is 1. The summed E-state index contributed by atoms with van der Waals surface area (Å²) >= 11 is 0. The lowest BCUT2D eigenvalue weighted by atomic mass is 9.54. The Morgan fingerprint density at radius 3 is 2.21 bits per heavy atom. The maximum absolute atomic E-state index is 13.8. The highest BCUT2D eigenvalue weighted by atomic mass is 16.5. The number of carbonyl (C=O) groups excluding carboxylic acids is 2. The van der Waals surface area contributed by atoms with Crippen LogP contribution in [-0.4, -0.2) is 27.4 Å². The average Bonchev–Trinajstić information content (AvgIpc) is 3.73. The highest BCUT2D eigenvalue weighted by molar-refractivity contribution is 6.04. The lowest BCUT2D eigenvalue weighted by Gasteiger charge is -2.56. The molecule has 1 aromatic heterocycles. The molecule has 1 heterocycles. The van der Waals surface area contributed by atoms with Gasteiger partial charge in [0.2, 0.25) is 0 Å². The van der Waals surface area contributed by atoms with Gasteiger partial charge >= 0.3 is 5.97 Å². The Labute approximate surface area is 251 Å². The molecule has 43 heavy (non-hydrogen) atoms. The summed E-state index contributed by atoms with van der Waals surface area (Å²) in [4.78, 5) is 35.0. The minimum atomic E-state index is -0.441. The number of carbonyl (C=O) groups is 2. The maximum Gasteiger partial charge on any atom is 0.338 e. The normalized spacial score (nSPS) is 31.1. The van der Waals surface area contributed by atoms with E-state index in [1.807, 2.05) is 30.3 Å². The first-order valence-electron chi connectivity index (χ1n) is 15.7. The molecule has 1 amide bonds. The number of rotatable bonds is 9. The summed E-state index contributed by atoms with van der Waals surface area (Å²) in [6.45, 7) is 0.531. The van der Waals surface area contributed by atoms with Crippen molar-refractivity contribution >= 4 is 17.6 Å². The molecule has 0 saturated heterocycles. The molecule has 0 aliphatic heterocycles. The van der Waals surface area contributed by atoms with Crippen molar-refractivity contribution in [2.45, 2.75) is 63.3 Å². The van der Waals surface area contributed by atoms with Crippen LogP contribution in [0, 0.1) is 29.6 Å². The first-order valence-corrected chi connectivity index (χ1v) is 15.7. The fraction of sp³-hybridized carbons (Fsp3) is 0.417. The highest BCUT2D eigenvalue weighted by Crippen LogP contribution is 2.57. The van der Waals surface area contributed by atoms with E-state index < -0.39 is 5.97 Å². The summed E-state index contributed by atoms with van der Waals surface area (Å²) in [7, 11) is 0. The molecule has 2 N–H and O–H groups in total. The third-order valence-electron chi connectivity index (χ3n) is 10.3. The van der Waals surface area contributed by atoms with E-state index in [9.17, 15) is 9.59 Å². The number of aromatic nitrogens is 2. The van der Waals surface area contributed by atoms with Gasteiger partial charge in [-0.2, -0.15) is 0 Å². The second-order valence-electron chi connectivity index (χ2n) is 13.4. The molecule has 220 valence electrons. The van der Waals surface area contributed by atoms with Crippen LogP contribution < -0.4 is 5.32 Å². The molecular weight excluding hydrogens is 538 g/mol. The number of amides is 1. The number of nitrogens with zero attached hydrogens (tertiary/aromatic N) is 1. The van der Waals surface area contributed by atoms with Crippen LogP contribution in [0.1, 0.15) is 82.4 Å². The van der Waals surface area contributed by atoms with Crippen LogP contribution in [0.5, 0.6) is 0 Å². The lowest BCUT2D eigenvalue weighted by molar-refractivity contribution is -0.169. The summed E-state index contributed by atoms with van der Waals surface area (Å²) in [5, 5.41) is 2.99. The number of anilines is 1. The van der Waals surface area contributed by atoms with Crippen LogP contribution in [0.2, 0.25) is 0 Å². The number of aromatic amines is 1. The summed E-state index contributed by atoms with van der Waals surface area (Å²) in [5.74, 6) is 3.19. The Morgan fingerprint density at radius 2 is 1.53 bits per heavy atom. The first-order chi connectivity index (χ1) is 21.0. The van der Waals surface area contributed by atoms with Crippen LogP contribution >= 0.6 is 0 Å². The van der Waals surface area contributed by atoms with E-state index in [0.717, 1.165) is 54.1 Å². The van der Waals surface area contributed by atoms with E-state index in [4.69, 9.17) is 14.5 Å². The third-order valence-corrected chi connectivity index (χ3v) is 10.3. The van der Waals surface area contributed by atoms with E-state index >= 15 is 0 Å². The number of esters is 1. The van der Waals surface area contributed by atoms with Gasteiger partial charge < -0.3 is 19.8 Å². The van der Waals surface area contributed by atoms with Gasteiger partial charge in [-0.3, -0.25) is 4.79 Å². The van der Waals surface area contributed by atoms with Crippen LogP contribution in [0.4, 0.5) is 5.69 Å². The van der Waals surface area contributed by atoms with Crippen LogP contribution in [0.15, 0.2) is 78.9 Å². The molecule has 6 aliphatic rings. The lowest BCUT2D eigenvalue weighted by Crippen LogP contribution is -2.51. The Hall–Kier alpha value is -3.97. The number of hydrogen-bond acceptors (Lipinski definition) is 5. The van der Waals surface area contributed by atoms with Crippen molar-refractivity contribution in [1.82, 2.24) is 9.97 Å².